The van der Waals surface area contributed by atoms with Gasteiger partial charge >= 0.3 is 0 Å². The van der Waals surface area contributed by atoms with Crippen LogP contribution in [0.2, 0.25) is 0 Å². The van der Waals surface area contributed by atoms with Gasteiger partial charge in [0.25, 0.3) is 0 Å². The Morgan fingerprint density at radius 3 is 2.94 bits per heavy atom. The van der Waals surface area contributed by atoms with Crippen molar-refractivity contribution in [1.29, 1.82) is 0 Å². The first-order valence-electron chi connectivity index (χ1n) is 5.96. The Balaban J connectivity index is 2.32. The number of carbonyl (C=O) groups is 1. The van der Waals surface area contributed by atoms with Gasteiger partial charge in [0.2, 0.25) is 5.91 Å². The molecule has 1 rings (SSSR count). The normalized spacial score (nSPS) is 26.9. The van der Waals surface area contributed by atoms with E-state index < -0.39 is 0 Å². The number of piperidine rings is 1. The minimum atomic E-state index is -0.261. The summed E-state index contributed by atoms with van der Waals surface area (Å²) in [6.07, 6.45) is 1.90. The molecule has 1 saturated heterocycles. The van der Waals surface area contributed by atoms with Crippen LogP contribution in [0, 0.1) is 5.92 Å². The van der Waals surface area contributed by atoms with Crippen LogP contribution in [0.3, 0.4) is 0 Å². The van der Waals surface area contributed by atoms with Crippen LogP contribution < -0.4 is 11.1 Å². The van der Waals surface area contributed by atoms with Crippen LogP contribution in [-0.4, -0.2) is 54.7 Å². The number of amides is 1. The Kier molecular flexibility index (Phi) is 5.73. The second kappa shape index (κ2) is 6.83. The van der Waals surface area contributed by atoms with E-state index in [1.54, 1.807) is 0 Å². The fourth-order valence-corrected chi connectivity index (χ4v) is 2.34. The second-order valence-corrected chi connectivity index (χ2v) is 4.73. The van der Waals surface area contributed by atoms with Crippen molar-refractivity contribution in [3.63, 3.8) is 0 Å². The third kappa shape index (κ3) is 4.92. The van der Waals surface area contributed by atoms with Crippen LogP contribution in [0.15, 0.2) is 0 Å². The summed E-state index contributed by atoms with van der Waals surface area (Å²) in [6, 6.07) is 0.412. The molecule has 2 atom stereocenters. The van der Waals surface area contributed by atoms with Crippen LogP contribution in [0.4, 0.5) is 0 Å². The molecular weight excluding hydrogens is 206 g/mol. The Labute approximate surface area is 97.0 Å². The molecule has 1 amide bonds. The van der Waals surface area contributed by atoms with Gasteiger partial charge in [0.1, 0.15) is 0 Å². The lowest BCUT2D eigenvalue weighted by atomic mass is 9.96. The number of nitrogens with two attached hydrogens (primary N) is 1. The van der Waals surface area contributed by atoms with Gasteiger partial charge in [0.05, 0.1) is 6.54 Å². The third-order valence-electron chi connectivity index (χ3n) is 2.88. The number of primary amides is 1. The molecule has 16 heavy (non-hydrogen) atoms. The highest BCUT2D eigenvalue weighted by atomic mass is 16.3. The number of hydrogen-bond acceptors (Lipinski definition) is 4. The number of rotatable bonds is 6. The average Bonchev–Trinajstić information content (AvgIpc) is 2.16. The zero-order valence-corrected chi connectivity index (χ0v) is 9.98. The van der Waals surface area contributed by atoms with E-state index in [4.69, 9.17) is 10.8 Å². The van der Waals surface area contributed by atoms with Gasteiger partial charge in [0, 0.05) is 25.7 Å². The van der Waals surface area contributed by atoms with E-state index in [2.05, 4.69) is 17.1 Å². The lowest BCUT2D eigenvalue weighted by molar-refractivity contribution is -0.119. The molecule has 1 aliphatic heterocycles. The van der Waals surface area contributed by atoms with Crippen molar-refractivity contribution in [3.8, 4) is 0 Å². The quantitative estimate of drug-likeness (QED) is 0.519. The van der Waals surface area contributed by atoms with E-state index in [1.165, 1.54) is 0 Å². The first kappa shape index (κ1) is 13.4. The molecule has 94 valence electrons. The smallest absolute Gasteiger partial charge is 0.231 e. The van der Waals surface area contributed by atoms with E-state index in [9.17, 15) is 4.79 Å². The highest BCUT2D eigenvalue weighted by Gasteiger charge is 2.24. The van der Waals surface area contributed by atoms with Gasteiger partial charge in [-0.3, -0.25) is 9.69 Å². The minimum absolute atomic E-state index is 0.222. The Morgan fingerprint density at radius 2 is 2.31 bits per heavy atom. The molecule has 0 radical (unpaired) electrons. The molecule has 0 aromatic heterocycles. The lowest BCUT2D eigenvalue weighted by Crippen LogP contribution is -2.51. The average molecular weight is 229 g/mol. The maximum atomic E-state index is 10.9. The summed E-state index contributed by atoms with van der Waals surface area (Å²) in [5, 5.41) is 12.1. The van der Waals surface area contributed by atoms with Crippen molar-refractivity contribution >= 4 is 5.91 Å². The molecule has 4 N–H and O–H groups in total. The molecule has 0 aromatic carbocycles. The fraction of sp³-hybridized carbons (Fsp3) is 0.909. The monoisotopic (exact) mass is 229 g/mol. The zero-order chi connectivity index (χ0) is 12.0. The van der Waals surface area contributed by atoms with E-state index >= 15 is 0 Å². The van der Waals surface area contributed by atoms with Gasteiger partial charge in [-0.15, -0.1) is 0 Å². The predicted molar refractivity (Wildman–Crippen MR) is 62.9 cm³/mol. The summed E-state index contributed by atoms with van der Waals surface area (Å²) in [7, 11) is 0. The van der Waals surface area contributed by atoms with E-state index in [0.29, 0.717) is 18.5 Å². The van der Waals surface area contributed by atoms with Crippen molar-refractivity contribution in [1.82, 2.24) is 10.2 Å². The maximum Gasteiger partial charge on any atom is 0.231 e. The molecule has 0 aromatic rings. The van der Waals surface area contributed by atoms with Crippen LogP contribution >= 0.6 is 0 Å². The molecule has 2 unspecified atom stereocenters. The highest BCUT2D eigenvalue weighted by molar-refractivity contribution is 5.75. The highest BCUT2D eigenvalue weighted by Crippen LogP contribution is 2.15. The van der Waals surface area contributed by atoms with Gasteiger partial charge in [-0.1, -0.05) is 6.92 Å². The van der Waals surface area contributed by atoms with Gasteiger partial charge in [-0.25, -0.2) is 0 Å². The SMILES string of the molecule is CC1CC(NCCCO)CN(CC(N)=O)C1. The Morgan fingerprint density at radius 1 is 1.56 bits per heavy atom. The van der Waals surface area contributed by atoms with Crippen LogP contribution in [0.25, 0.3) is 0 Å². The molecule has 0 bridgehead atoms. The Bertz CT molecular complexity index is 223. The molecule has 0 aliphatic carbocycles. The third-order valence-corrected chi connectivity index (χ3v) is 2.88. The molecule has 1 heterocycles. The first-order valence-corrected chi connectivity index (χ1v) is 5.96. The molecule has 5 heteroatoms. The van der Waals surface area contributed by atoms with E-state index in [1.807, 2.05) is 0 Å². The number of nitrogens with zero attached hydrogens (tertiary/aromatic N) is 1. The van der Waals surface area contributed by atoms with Crippen LogP contribution in [0.1, 0.15) is 19.8 Å². The van der Waals surface area contributed by atoms with Crippen LogP contribution in [0.5, 0.6) is 0 Å². The Hall–Kier alpha value is -0.650. The number of aliphatic hydroxyl groups excluding tert-OH is 1. The van der Waals surface area contributed by atoms with Crippen molar-refractivity contribution in [2.45, 2.75) is 25.8 Å². The summed E-state index contributed by atoms with van der Waals surface area (Å²) in [4.78, 5) is 13.0. The number of aliphatic hydroxyl groups is 1. The van der Waals surface area contributed by atoms with E-state index in [0.717, 1.165) is 32.5 Å². The number of hydrogen-bond donors (Lipinski definition) is 3. The lowest BCUT2D eigenvalue weighted by Gasteiger charge is -2.36. The molecule has 0 saturated carbocycles. The topological polar surface area (TPSA) is 78.6 Å². The zero-order valence-electron chi connectivity index (χ0n) is 9.98. The van der Waals surface area contributed by atoms with Crippen molar-refractivity contribution in [3.05, 3.63) is 0 Å². The molecule has 0 spiro atoms. The summed E-state index contributed by atoms with van der Waals surface area (Å²) in [5.74, 6) is 0.322. The summed E-state index contributed by atoms with van der Waals surface area (Å²) in [5.41, 5.74) is 5.20. The van der Waals surface area contributed by atoms with E-state index in [-0.39, 0.29) is 12.5 Å². The summed E-state index contributed by atoms with van der Waals surface area (Å²) in [6.45, 7) is 5.41. The summed E-state index contributed by atoms with van der Waals surface area (Å²) < 4.78 is 0. The predicted octanol–water partition coefficient (Wildman–Crippen LogP) is -0.846. The van der Waals surface area contributed by atoms with Gasteiger partial charge < -0.3 is 16.2 Å². The molecule has 5 nitrogen and oxygen atoms in total. The molecule has 1 aliphatic rings. The number of nitrogens with one attached hydrogen (secondary N) is 1. The van der Waals surface area contributed by atoms with Gasteiger partial charge in [-0.2, -0.15) is 0 Å². The largest absolute Gasteiger partial charge is 0.396 e. The first-order chi connectivity index (χ1) is 7.61. The molecular formula is C11H23N3O2. The number of carbonyl (C=O) groups excluding carboxylic acids is 1. The second-order valence-electron chi connectivity index (χ2n) is 4.73. The standard InChI is InChI=1S/C11H23N3O2/c1-9-5-10(13-3-2-4-15)7-14(6-9)8-11(12)16/h9-10,13,15H,2-8H2,1H3,(H2,12,16). The van der Waals surface area contributed by atoms with Gasteiger partial charge in [0.15, 0.2) is 0 Å². The fourth-order valence-electron chi connectivity index (χ4n) is 2.34. The van der Waals surface area contributed by atoms with Crippen LogP contribution in [-0.2, 0) is 4.79 Å². The number of likely N-dealkylation sites (tertiary alicyclic amines) is 1. The maximum absolute atomic E-state index is 10.9. The van der Waals surface area contributed by atoms with Crippen molar-refractivity contribution in [2.75, 3.05) is 32.8 Å². The van der Waals surface area contributed by atoms with Gasteiger partial charge in [-0.05, 0) is 25.3 Å². The van der Waals surface area contributed by atoms with Crippen molar-refractivity contribution < 1.29 is 9.90 Å². The minimum Gasteiger partial charge on any atom is -0.396 e. The molecule has 1 fully saturated rings. The van der Waals surface area contributed by atoms with Crippen molar-refractivity contribution in [2.24, 2.45) is 11.7 Å². The summed E-state index contributed by atoms with van der Waals surface area (Å²) >= 11 is 0.